The normalized spacial score (nSPS) is 10.9. The van der Waals surface area contributed by atoms with Gasteiger partial charge in [0.1, 0.15) is 22.0 Å². The minimum absolute atomic E-state index is 0.0179. The molecule has 1 N–H and O–H groups in total. The van der Waals surface area contributed by atoms with Crippen LogP contribution in [0.1, 0.15) is 10.6 Å². The number of fused-ring (bicyclic) bond motifs is 1. The number of oxazole rings is 1. The number of methoxy groups -OCH3 is 1. The van der Waals surface area contributed by atoms with E-state index in [0.29, 0.717) is 39.8 Å². The predicted octanol–water partition coefficient (Wildman–Crippen LogP) is 6.58. The number of aromatic nitrogens is 1. The predicted molar refractivity (Wildman–Crippen MR) is 130 cm³/mol. The number of nitrogens with zero attached hydrogens (tertiary/aromatic N) is 2. The molecular weight excluding hydrogens is 474 g/mol. The molecular formula is C25H16ClN3O6. The fourth-order valence-electron chi connectivity index (χ4n) is 3.47. The molecule has 0 bridgehead atoms. The molecule has 0 atom stereocenters. The van der Waals surface area contributed by atoms with Crippen molar-refractivity contribution in [2.75, 3.05) is 12.4 Å². The van der Waals surface area contributed by atoms with Crippen LogP contribution in [0.3, 0.4) is 0 Å². The lowest BCUT2D eigenvalue weighted by Crippen LogP contribution is -2.10. The van der Waals surface area contributed by atoms with E-state index in [1.807, 2.05) is 0 Å². The zero-order valence-corrected chi connectivity index (χ0v) is 18.9. The molecule has 5 rings (SSSR count). The molecule has 0 unspecified atom stereocenters. The molecule has 0 spiro atoms. The van der Waals surface area contributed by atoms with E-state index >= 15 is 0 Å². The number of carbonyl (C=O) groups is 1. The number of hydrogen-bond acceptors (Lipinski definition) is 7. The number of furan rings is 1. The Morgan fingerprint density at radius 2 is 1.77 bits per heavy atom. The third-order valence-electron chi connectivity index (χ3n) is 5.24. The Morgan fingerprint density at radius 3 is 2.51 bits per heavy atom. The van der Waals surface area contributed by atoms with E-state index in [1.165, 1.54) is 18.2 Å². The van der Waals surface area contributed by atoms with Crippen LogP contribution in [0.4, 0.5) is 11.4 Å². The van der Waals surface area contributed by atoms with Crippen molar-refractivity contribution < 1.29 is 23.3 Å². The zero-order valence-electron chi connectivity index (χ0n) is 18.2. The van der Waals surface area contributed by atoms with Crippen molar-refractivity contribution in [1.29, 1.82) is 0 Å². The SMILES string of the molecule is COc1ccc2oc(-c3ccc(NC(=O)c4ccc(-c5ccc(Cl)c([N+](=O)[O-])c5)o4)cc3)nc2c1. The lowest BCUT2D eigenvalue weighted by molar-refractivity contribution is -0.384. The number of nitro benzene ring substituents is 1. The zero-order chi connectivity index (χ0) is 24.5. The van der Waals surface area contributed by atoms with E-state index in [2.05, 4.69) is 10.3 Å². The summed E-state index contributed by atoms with van der Waals surface area (Å²) >= 11 is 5.86. The molecule has 0 saturated heterocycles. The number of hydrogen-bond donors (Lipinski definition) is 1. The van der Waals surface area contributed by atoms with Gasteiger partial charge in [-0.2, -0.15) is 0 Å². The van der Waals surface area contributed by atoms with Crippen LogP contribution < -0.4 is 10.1 Å². The van der Waals surface area contributed by atoms with Crippen molar-refractivity contribution in [2.24, 2.45) is 0 Å². The second kappa shape index (κ2) is 8.96. The highest BCUT2D eigenvalue weighted by Gasteiger charge is 2.17. The lowest BCUT2D eigenvalue weighted by Gasteiger charge is -2.04. The van der Waals surface area contributed by atoms with Gasteiger partial charge in [-0.15, -0.1) is 0 Å². The fourth-order valence-corrected chi connectivity index (χ4v) is 3.65. The summed E-state index contributed by atoms with van der Waals surface area (Å²) < 4.78 is 16.6. The molecule has 0 aliphatic rings. The van der Waals surface area contributed by atoms with Crippen LogP contribution >= 0.6 is 11.6 Å². The van der Waals surface area contributed by atoms with Crippen LogP contribution in [0.2, 0.25) is 5.02 Å². The number of nitrogens with one attached hydrogen (secondary N) is 1. The first-order valence-electron chi connectivity index (χ1n) is 10.3. The number of halogens is 1. The van der Waals surface area contributed by atoms with Gasteiger partial charge in [0.2, 0.25) is 5.89 Å². The molecule has 35 heavy (non-hydrogen) atoms. The van der Waals surface area contributed by atoms with Gasteiger partial charge < -0.3 is 18.9 Å². The summed E-state index contributed by atoms with van der Waals surface area (Å²) in [5.74, 6) is 1.01. The number of rotatable bonds is 6. The summed E-state index contributed by atoms with van der Waals surface area (Å²) in [6, 6.07) is 19.7. The summed E-state index contributed by atoms with van der Waals surface area (Å²) in [5.41, 5.74) is 2.78. The van der Waals surface area contributed by atoms with Gasteiger partial charge in [0.25, 0.3) is 11.6 Å². The molecule has 5 aromatic rings. The van der Waals surface area contributed by atoms with Crippen LogP contribution in [-0.2, 0) is 0 Å². The van der Waals surface area contributed by atoms with E-state index in [4.69, 9.17) is 25.2 Å². The third kappa shape index (κ3) is 4.44. The Hall–Kier alpha value is -4.63. The molecule has 10 heteroatoms. The Labute approximate surface area is 203 Å². The molecule has 3 aromatic carbocycles. The maximum atomic E-state index is 12.6. The first kappa shape index (κ1) is 22.2. The number of anilines is 1. The first-order valence-corrected chi connectivity index (χ1v) is 10.7. The standard InChI is InChI=1S/C25H16ClN3O6/c1-33-17-7-9-22-19(13-17)28-25(35-22)14-2-5-16(6-3-14)27-24(30)23-11-10-21(34-23)15-4-8-18(26)20(12-15)29(31)32/h2-13H,1H3,(H,27,30). The van der Waals surface area contributed by atoms with Crippen LogP contribution in [0.25, 0.3) is 33.9 Å². The molecule has 0 saturated carbocycles. The highest BCUT2D eigenvalue weighted by Crippen LogP contribution is 2.32. The molecule has 0 fully saturated rings. The highest BCUT2D eigenvalue weighted by atomic mass is 35.5. The van der Waals surface area contributed by atoms with E-state index in [9.17, 15) is 14.9 Å². The van der Waals surface area contributed by atoms with Gasteiger partial charge in [-0.05, 0) is 60.7 Å². The Morgan fingerprint density at radius 1 is 1.00 bits per heavy atom. The van der Waals surface area contributed by atoms with Gasteiger partial charge >= 0.3 is 0 Å². The first-order chi connectivity index (χ1) is 16.9. The molecule has 0 aliphatic heterocycles. The summed E-state index contributed by atoms with van der Waals surface area (Å²) in [6.07, 6.45) is 0. The Kier molecular flexibility index (Phi) is 5.68. The lowest BCUT2D eigenvalue weighted by atomic mass is 10.1. The number of amides is 1. The van der Waals surface area contributed by atoms with Gasteiger partial charge in [0.15, 0.2) is 11.3 Å². The van der Waals surface area contributed by atoms with Crippen LogP contribution in [0.5, 0.6) is 5.75 Å². The van der Waals surface area contributed by atoms with Crippen LogP contribution in [0, 0.1) is 10.1 Å². The van der Waals surface area contributed by atoms with E-state index in [0.717, 1.165) is 5.56 Å². The molecule has 2 aromatic heterocycles. The smallest absolute Gasteiger partial charge is 0.291 e. The van der Waals surface area contributed by atoms with Crippen molar-refractivity contribution in [1.82, 2.24) is 4.98 Å². The largest absolute Gasteiger partial charge is 0.497 e. The van der Waals surface area contributed by atoms with E-state index < -0.39 is 10.8 Å². The van der Waals surface area contributed by atoms with Crippen molar-refractivity contribution >= 4 is 40.0 Å². The Bertz CT molecular complexity index is 1570. The van der Waals surface area contributed by atoms with Gasteiger partial charge in [0, 0.05) is 28.9 Å². The van der Waals surface area contributed by atoms with Crippen LogP contribution in [0.15, 0.2) is 81.6 Å². The van der Waals surface area contributed by atoms with Gasteiger partial charge in [-0.25, -0.2) is 4.98 Å². The molecule has 0 aliphatic carbocycles. The average molecular weight is 490 g/mol. The van der Waals surface area contributed by atoms with Crippen molar-refractivity contribution in [3.63, 3.8) is 0 Å². The summed E-state index contributed by atoms with van der Waals surface area (Å²) in [6.45, 7) is 0. The van der Waals surface area contributed by atoms with Crippen molar-refractivity contribution in [3.8, 4) is 28.5 Å². The van der Waals surface area contributed by atoms with Crippen molar-refractivity contribution in [2.45, 2.75) is 0 Å². The average Bonchev–Trinajstić information content (AvgIpc) is 3.52. The van der Waals surface area contributed by atoms with E-state index in [-0.39, 0.29) is 16.5 Å². The minimum Gasteiger partial charge on any atom is -0.497 e. The topological polar surface area (TPSA) is 121 Å². The van der Waals surface area contributed by atoms with Gasteiger partial charge in [-0.3, -0.25) is 14.9 Å². The number of nitro groups is 1. The number of ether oxygens (including phenoxy) is 1. The van der Waals surface area contributed by atoms with Gasteiger partial charge in [0.05, 0.1) is 12.0 Å². The Balaban J connectivity index is 1.31. The molecule has 174 valence electrons. The molecule has 9 nitrogen and oxygen atoms in total. The maximum Gasteiger partial charge on any atom is 0.291 e. The monoisotopic (exact) mass is 489 g/mol. The van der Waals surface area contributed by atoms with Gasteiger partial charge in [-0.1, -0.05) is 11.6 Å². The maximum absolute atomic E-state index is 12.6. The quantitative estimate of drug-likeness (QED) is 0.211. The minimum atomic E-state index is -0.580. The van der Waals surface area contributed by atoms with E-state index in [1.54, 1.807) is 61.7 Å². The molecule has 2 heterocycles. The van der Waals surface area contributed by atoms with Crippen LogP contribution in [-0.4, -0.2) is 22.9 Å². The number of benzene rings is 3. The second-order valence-corrected chi connectivity index (χ2v) is 7.88. The molecule has 1 amide bonds. The molecule has 0 radical (unpaired) electrons. The van der Waals surface area contributed by atoms with Crippen molar-refractivity contribution in [3.05, 3.63) is 93.7 Å². The number of carbonyl (C=O) groups excluding carboxylic acids is 1. The fraction of sp³-hybridized carbons (Fsp3) is 0.0400. The summed E-state index contributed by atoms with van der Waals surface area (Å²) in [5, 5.41) is 13.9. The third-order valence-corrected chi connectivity index (χ3v) is 5.56. The summed E-state index contributed by atoms with van der Waals surface area (Å²) in [4.78, 5) is 27.7. The summed E-state index contributed by atoms with van der Waals surface area (Å²) in [7, 11) is 1.59. The highest BCUT2D eigenvalue weighted by molar-refractivity contribution is 6.32. The second-order valence-electron chi connectivity index (χ2n) is 7.47.